The van der Waals surface area contributed by atoms with Crippen molar-refractivity contribution in [3.05, 3.63) is 87.5 Å². The van der Waals surface area contributed by atoms with Gasteiger partial charge in [-0.25, -0.2) is 4.39 Å². The Morgan fingerprint density at radius 3 is 2.74 bits per heavy atom. The van der Waals surface area contributed by atoms with Gasteiger partial charge in [0.15, 0.2) is 0 Å². The van der Waals surface area contributed by atoms with Crippen LogP contribution in [0, 0.1) is 5.82 Å². The van der Waals surface area contributed by atoms with E-state index in [1.54, 1.807) is 18.2 Å². The van der Waals surface area contributed by atoms with E-state index in [4.69, 9.17) is 26.2 Å². The van der Waals surface area contributed by atoms with E-state index < -0.39 is 35.7 Å². The smallest absolute Gasteiger partial charge is 0.416 e. The van der Waals surface area contributed by atoms with Gasteiger partial charge >= 0.3 is 12.1 Å². The number of ether oxygens (including phenoxy) is 2. The van der Waals surface area contributed by atoms with Crippen LogP contribution >= 0.6 is 11.6 Å². The Hall–Kier alpha value is -3.24. The molecule has 0 aromatic heterocycles. The molecule has 6 nitrogen and oxygen atoms in total. The van der Waals surface area contributed by atoms with Crippen LogP contribution < -0.4 is 10.2 Å². The van der Waals surface area contributed by atoms with Crippen LogP contribution in [0.1, 0.15) is 42.0 Å². The average molecular weight is 569 g/mol. The van der Waals surface area contributed by atoms with Gasteiger partial charge in [-0.3, -0.25) is 4.79 Å². The SMILES string of the molecule is COC1=CC(NC(CN2CCc3ccc(C(F)(F)F)cc32)c2ccc(Cl)cc2F)=CC(OCCCC(=O)O)C1. The molecule has 1 heterocycles. The van der Waals surface area contributed by atoms with E-state index in [0.717, 1.165) is 17.7 Å². The second-order valence-corrected chi connectivity index (χ2v) is 9.88. The molecule has 1 aliphatic carbocycles. The lowest BCUT2D eigenvalue weighted by molar-refractivity contribution is -0.138. The fourth-order valence-electron chi connectivity index (χ4n) is 4.77. The van der Waals surface area contributed by atoms with Crippen molar-refractivity contribution in [3.63, 3.8) is 0 Å². The highest BCUT2D eigenvalue weighted by atomic mass is 35.5. The Labute approximate surface area is 228 Å². The summed E-state index contributed by atoms with van der Waals surface area (Å²) >= 11 is 5.98. The van der Waals surface area contributed by atoms with Crippen LogP contribution in [-0.4, -0.2) is 44.0 Å². The van der Waals surface area contributed by atoms with E-state index >= 15 is 4.39 Å². The third-order valence-corrected chi connectivity index (χ3v) is 6.93. The second kappa shape index (κ2) is 12.3. The molecule has 0 bridgehead atoms. The number of nitrogens with one attached hydrogen (secondary N) is 1. The summed E-state index contributed by atoms with van der Waals surface area (Å²) in [5.74, 6) is -0.839. The van der Waals surface area contributed by atoms with Crippen LogP contribution in [0.2, 0.25) is 5.02 Å². The highest BCUT2D eigenvalue weighted by molar-refractivity contribution is 6.30. The van der Waals surface area contributed by atoms with E-state index in [2.05, 4.69) is 5.32 Å². The summed E-state index contributed by atoms with van der Waals surface area (Å²) in [7, 11) is 1.52. The number of allylic oxidation sites excluding steroid dienone is 1. The quantitative estimate of drug-likeness (QED) is 0.246. The lowest BCUT2D eigenvalue weighted by Gasteiger charge is -2.30. The number of carboxylic acids is 1. The van der Waals surface area contributed by atoms with Gasteiger partial charge in [0.05, 0.1) is 24.8 Å². The molecule has 2 atom stereocenters. The molecule has 4 rings (SSSR count). The predicted octanol–water partition coefficient (Wildman–Crippen LogP) is 6.26. The lowest BCUT2D eigenvalue weighted by atomic mass is 10.0. The molecule has 0 spiro atoms. The van der Waals surface area contributed by atoms with Crippen molar-refractivity contribution in [1.29, 1.82) is 0 Å². The third-order valence-electron chi connectivity index (χ3n) is 6.70. The molecule has 0 fully saturated rings. The summed E-state index contributed by atoms with van der Waals surface area (Å²) in [6.07, 6.45) is 0.0405. The molecular formula is C28H29ClF4N2O4. The van der Waals surface area contributed by atoms with E-state index in [9.17, 15) is 18.0 Å². The zero-order valence-electron chi connectivity index (χ0n) is 21.2. The van der Waals surface area contributed by atoms with Crippen LogP contribution in [0.3, 0.4) is 0 Å². The second-order valence-electron chi connectivity index (χ2n) is 9.45. The topological polar surface area (TPSA) is 71.0 Å². The summed E-state index contributed by atoms with van der Waals surface area (Å²) in [4.78, 5) is 12.6. The summed E-state index contributed by atoms with van der Waals surface area (Å²) in [6, 6.07) is 7.38. The number of aliphatic carboxylic acids is 1. The Balaban J connectivity index is 1.60. The van der Waals surface area contributed by atoms with Gasteiger partial charge < -0.3 is 24.8 Å². The minimum atomic E-state index is -4.48. The van der Waals surface area contributed by atoms with Gasteiger partial charge in [0.2, 0.25) is 0 Å². The van der Waals surface area contributed by atoms with Gasteiger partial charge in [0, 0.05) is 54.5 Å². The number of halogens is 5. The van der Waals surface area contributed by atoms with E-state index in [1.807, 2.05) is 11.0 Å². The van der Waals surface area contributed by atoms with Crippen LogP contribution in [0.5, 0.6) is 0 Å². The molecule has 2 aliphatic rings. The number of alkyl halides is 3. The Morgan fingerprint density at radius 2 is 2.05 bits per heavy atom. The highest BCUT2D eigenvalue weighted by Gasteiger charge is 2.33. The zero-order valence-corrected chi connectivity index (χ0v) is 22.0. The first-order valence-corrected chi connectivity index (χ1v) is 12.9. The normalized spacial score (nSPS) is 17.8. The Morgan fingerprint density at radius 1 is 1.26 bits per heavy atom. The number of fused-ring (bicyclic) bond motifs is 1. The first-order valence-electron chi connectivity index (χ1n) is 12.5. The molecular weight excluding hydrogens is 540 g/mol. The lowest BCUT2D eigenvalue weighted by Crippen LogP contribution is -2.35. The van der Waals surface area contributed by atoms with Gasteiger partial charge in [-0.1, -0.05) is 23.7 Å². The van der Waals surface area contributed by atoms with Gasteiger partial charge in [-0.2, -0.15) is 13.2 Å². The predicted molar refractivity (Wildman–Crippen MR) is 139 cm³/mol. The molecule has 11 heteroatoms. The zero-order chi connectivity index (χ0) is 28.2. The van der Waals surface area contributed by atoms with Crippen molar-refractivity contribution < 1.29 is 36.9 Å². The maximum atomic E-state index is 15.1. The summed E-state index contributed by atoms with van der Waals surface area (Å²) in [5, 5.41) is 12.4. The highest BCUT2D eigenvalue weighted by Crippen LogP contribution is 2.37. The number of nitrogens with zero attached hydrogens (tertiary/aromatic N) is 1. The van der Waals surface area contributed by atoms with Crippen LogP contribution in [0.25, 0.3) is 0 Å². The van der Waals surface area contributed by atoms with Gasteiger partial charge in [-0.15, -0.1) is 0 Å². The van der Waals surface area contributed by atoms with Gasteiger partial charge in [-0.05, 0) is 54.8 Å². The first kappa shape index (κ1) is 28.8. The number of carboxylic acid groups (broad SMARTS) is 1. The maximum Gasteiger partial charge on any atom is 0.416 e. The minimum Gasteiger partial charge on any atom is -0.501 e. The van der Waals surface area contributed by atoms with E-state index in [-0.39, 0.29) is 24.6 Å². The number of benzene rings is 2. The van der Waals surface area contributed by atoms with Crippen molar-refractivity contribution in [2.45, 2.75) is 44.0 Å². The largest absolute Gasteiger partial charge is 0.501 e. The van der Waals surface area contributed by atoms with Crippen LogP contribution in [-0.2, 0) is 26.9 Å². The molecule has 0 radical (unpaired) electrons. The number of hydrogen-bond acceptors (Lipinski definition) is 5. The first-order chi connectivity index (χ1) is 18.5. The molecule has 1 aliphatic heterocycles. The number of rotatable bonds is 11. The van der Waals surface area contributed by atoms with Crippen molar-refractivity contribution in [1.82, 2.24) is 5.32 Å². The molecule has 0 amide bonds. The fraction of sp³-hybridized carbons (Fsp3) is 0.393. The van der Waals surface area contributed by atoms with Gasteiger partial charge in [0.25, 0.3) is 0 Å². The van der Waals surface area contributed by atoms with Crippen LogP contribution in [0.4, 0.5) is 23.2 Å². The Bertz CT molecular complexity index is 1260. The van der Waals surface area contributed by atoms with E-state index in [1.165, 1.54) is 19.2 Å². The van der Waals surface area contributed by atoms with Crippen molar-refractivity contribution in [2.24, 2.45) is 0 Å². The van der Waals surface area contributed by atoms with E-state index in [0.29, 0.717) is 48.5 Å². The maximum absolute atomic E-state index is 15.1. The number of methoxy groups -OCH3 is 1. The monoisotopic (exact) mass is 568 g/mol. The fourth-order valence-corrected chi connectivity index (χ4v) is 4.93. The number of hydrogen-bond donors (Lipinski definition) is 2. The Kier molecular flexibility index (Phi) is 9.07. The molecule has 2 N–H and O–H groups in total. The number of carbonyl (C=O) groups is 1. The molecule has 2 aromatic carbocycles. The molecule has 0 saturated heterocycles. The minimum absolute atomic E-state index is 0.0141. The molecule has 2 unspecified atom stereocenters. The van der Waals surface area contributed by atoms with Crippen molar-refractivity contribution in [2.75, 3.05) is 31.7 Å². The standard InChI is InChI=1S/C28H29ClF4N2O4/c1-38-21-13-20(14-22(15-21)39-10-2-3-27(36)37)34-25(23-7-6-19(29)12-24(23)30)16-35-9-8-17-4-5-18(11-26(17)35)28(31,32)33/h4-7,11-14,22,25,34H,2-3,8-10,15-16H2,1H3,(H,36,37). The molecule has 2 aromatic rings. The summed E-state index contributed by atoms with van der Waals surface area (Å²) in [5.41, 5.74) is 1.42. The summed E-state index contributed by atoms with van der Waals surface area (Å²) in [6.45, 7) is 0.904. The molecule has 39 heavy (non-hydrogen) atoms. The average Bonchev–Trinajstić information content (AvgIpc) is 3.27. The number of anilines is 1. The molecule has 210 valence electrons. The van der Waals surface area contributed by atoms with Crippen molar-refractivity contribution >= 4 is 23.3 Å². The third kappa shape index (κ3) is 7.45. The van der Waals surface area contributed by atoms with Crippen LogP contribution in [0.15, 0.2) is 60.0 Å². The van der Waals surface area contributed by atoms with Crippen molar-refractivity contribution in [3.8, 4) is 0 Å². The van der Waals surface area contributed by atoms with Gasteiger partial charge in [0.1, 0.15) is 11.6 Å². The molecule has 0 saturated carbocycles. The summed E-state index contributed by atoms with van der Waals surface area (Å²) < 4.78 is 66.6.